The summed E-state index contributed by atoms with van der Waals surface area (Å²) in [7, 11) is -0.318. The Hall–Kier alpha value is -2.43. The molecular formula is C17H23N5O4S. The van der Waals surface area contributed by atoms with Crippen LogP contribution >= 0.6 is 0 Å². The van der Waals surface area contributed by atoms with Crippen LogP contribution in [0.2, 0.25) is 0 Å². The number of methoxy groups -OCH3 is 1. The maximum absolute atomic E-state index is 12.6. The van der Waals surface area contributed by atoms with E-state index in [1.165, 1.54) is 21.4 Å². The second-order valence-electron chi connectivity index (χ2n) is 6.28. The summed E-state index contributed by atoms with van der Waals surface area (Å²) in [4.78, 5) is 14.4. The standard InChI is InChI=1S/C17H23N5O4S/c1-20-12-14(11-18-20)27(24,25)22-9-7-21(8-10-22)13-17(23)19-15-5-3-4-6-16(15)26-2/h3-6,11-12H,7-10,13H2,1-2H3,(H,19,23). The molecule has 0 atom stereocenters. The van der Waals surface area contributed by atoms with Gasteiger partial charge in [-0.05, 0) is 12.1 Å². The summed E-state index contributed by atoms with van der Waals surface area (Å²) in [6, 6.07) is 7.20. The molecule has 0 radical (unpaired) electrons. The first-order valence-electron chi connectivity index (χ1n) is 8.54. The van der Waals surface area contributed by atoms with Crippen LogP contribution in [0, 0.1) is 0 Å². The normalized spacial score (nSPS) is 16.2. The number of aryl methyl sites for hydroxylation is 1. The lowest BCUT2D eigenvalue weighted by Gasteiger charge is -2.33. The van der Waals surface area contributed by atoms with E-state index in [0.29, 0.717) is 37.6 Å². The van der Waals surface area contributed by atoms with Gasteiger partial charge in [0, 0.05) is 39.4 Å². The van der Waals surface area contributed by atoms with Gasteiger partial charge in [-0.1, -0.05) is 12.1 Å². The molecule has 1 N–H and O–H groups in total. The molecule has 1 amide bonds. The topological polar surface area (TPSA) is 96.8 Å². The number of sulfonamides is 1. The van der Waals surface area contributed by atoms with Gasteiger partial charge in [-0.2, -0.15) is 9.40 Å². The first-order chi connectivity index (χ1) is 12.9. The molecule has 9 nitrogen and oxygen atoms in total. The van der Waals surface area contributed by atoms with Gasteiger partial charge < -0.3 is 10.1 Å². The number of nitrogens with one attached hydrogen (secondary N) is 1. The summed E-state index contributed by atoms with van der Waals surface area (Å²) in [5.41, 5.74) is 0.614. The number of ether oxygens (including phenoxy) is 1. The minimum absolute atomic E-state index is 0.164. The van der Waals surface area contributed by atoms with E-state index in [4.69, 9.17) is 4.74 Å². The molecule has 2 heterocycles. The molecule has 3 rings (SSSR count). The maximum Gasteiger partial charge on any atom is 0.246 e. The fourth-order valence-corrected chi connectivity index (χ4v) is 4.36. The number of para-hydroxylation sites is 2. The molecule has 0 bridgehead atoms. The minimum Gasteiger partial charge on any atom is -0.495 e. The van der Waals surface area contributed by atoms with Gasteiger partial charge in [0.05, 0.1) is 25.5 Å². The zero-order chi connectivity index (χ0) is 19.4. The number of benzene rings is 1. The number of aromatic nitrogens is 2. The molecule has 1 aliphatic heterocycles. The molecule has 1 saturated heterocycles. The second-order valence-corrected chi connectivity index (χ2v) is 8.22. The molecule has 0 unspecified atom stereocenters. The lowest BCUT2D eigenvalue weighted by molar-refractivity contribution is -0.117. The number of carbonyl (C=O) groups excluding carboxylic acids is 1. The molecule has 1 aromatic carbocycles. The van der Waals surface area contributed by atoms with Crippen LogP contribution in [-0.2, 0) is 21.9 Å². The molecule has 2 aromatic rings. The van der Waals surface area contributed by atoms with Crippen LogP contribution < -0.4 is 10.1 Å². The number of hydrogen-bond acceptors (Lipinski definition) is 6. The van der Waals surface area contributed by atoms with Crippen molar-refractivity contribution in [2.75, 3.05) is 45.2 Å². The van der Waals surface area contributed by atoms with E-state index in [1.807, 2.05) is 17.0 Å². The molecule has 1 fully saturated rings. The molecule has 0 aliphatic carbocycles. The van der Waals surface area contributed by atoms with E-state index in [9.17, 15) is 13.2 Å². The predicted octanol–water partition coefficient (Wildman–Crippen LogP) is 0.374. The van der Waals surface area contributed by atoms with Crippen molar-refractivity contribution in [2.24, 2.45) is 7.05 Å². The first-order valence-corrected chi connectivity index (χ1v) is 9.98. The molecule has 1 aliphatic rings. The van der Waals surface area contributed by atoms with Gasteiger partial charge >= 0.3 is 0 Å². The number of hydrogen-bond donors (Lipinski definition) is 1. The third-order valence-electron chi connectivity index (χ3n) is 4.40. The van der Waals surface area contributed by atoms with Gasteiger partial charge in [0.25, 0.3) is 0 Å². The van der Waals surface area contributed by atoms with E-state index in [0.717, 1.165) is 0 Å². The number of amides is 1. The largest absolute Gasteiger partial charge is 0.495 e. The summed E-state index contributed by atoms with van der Waals surface area (Å²) in [5, 5.41) is 6.75. The number of rotatable bonds is 6. The summed E-state index contributed by atoms with van der Waals surface area (Å²) in [6.45, 7) is 1.83. The molecular weight excluding hydrogens is 370 g/mol. The number of anilines is 1. The van der Waals surface area contributed by atoms with Gasteiger partial charge in [0.15, 0.2) is 0 Å². The van der Waals surface area contributed by atoms with Crippen LogP contribution in [0.15, 0.2) is 41.6 Å². The average Bonchev–Trinajstić information content (AvgIpc) is 3.10. The molecule has 1 aromatic heterocycles. The molecule has 0 saturated carbocycles. The van der Waals surface area contributed by atoms with Crippen molar-refractivity contribution in [3.8, 4) is 5.75 Å². The Morgan fingerprint density at radius 3 is 2.56 bits per heavy atom. The van der Waals surface area contributed by atoms with Crippen molar-refractivity contribution in [3.05, 3.63) is 36.7 Å². The first kappa shape index (κ1) is 19.3. The van der Waals surface area contributed by atoms with Crippen LogP contribution in [0.5, 0.6) is 5.75 Å². The highest BCUT2D eigenvalue weighted by Crippen LogP contribution is 2.23. The van der Waals surface area contributed by atoms with Gasteiger partial charge in [-0.15, -0.1) is 0 Å². The fraction of sp³-hybridized carbons (Fsp3) is 0.412. The number of nitrogens with zero attached hydrogens (tertiary/aromatic N) is 4. The smallest absolute Gasteiger partial charge is 0.246 e. The van der Waals surface area contributed by atoms with Crippen molar-refractivity contribution in [1.82, 2.24) is 19.0 Å². The van der Waals surface area contributed by atoms with Gasteiger partial charge in [0.2, 0.25) is 15.9 Å². The Morgan fingerprint density at radius 1 is 1.22 bits per heavy atom. The van der Waals surface area contributed by atoms with Crippen molar-refractivity contribution in [2.45, 2.75) is 4.90 Å². The van der Waals surface area contributed by atoms with E-state index in [2.05, 4.69) is 10.4 Å². The summed E-state index contributed by atoms with van der Waals surface area (Å²) in [6.07, 6.45) is 2.84. The highest BCUT2D eigenvalue weighted by atomic mass is 32.2. The summed E-state index contributed by atoms with van der Waals surface area (Å²) >= 11 is 0. The number of carbonyl (C=O) groups is 1. The van der Waals surface area contributed by atoms with Crippen LogP contribution in [0.25, 0.3) is 0 Å². The third kappa shape index (κ3) is 4.46. The van der Waals surface area contributed by atoms with Crippen molar-refractivity contribution >= 4 is 21.6 Å². The quantitative estimate of drug-likeness (QED) is 0.762. The number of piperazine rings is 1. The zero-order valence-electron chi connectivity index (χ0n) is 15.3. The Bertz CT molecular complexity index is 904. The lowest BCUT2D eigenvalue weighted by Crippen LogP contribution is -2.50. The average molecular weight is 393 g/mol. The molecule has 146 valence electrons. The van der Waals surface area contributed by atoms with E-state index in [-0.39, 0.29) is 17.3 Å². The Labute approximate surface area is 158 Å². The highest BCUT2D eigenvalue weighted by Gasteiger charge is 2.30. The minimum atomic E-state index is -3.54. The van der Waals surface area contributed by atoms with Crippen molar-refractivity contribution in [1.29, 1.82) is 0 Å². The summed E-state index contributed by atoms with van der Waals surface area (Å²) < 4.78 is 33.3. The Balaban J connectivity index is 1.54. The van der Waals surface area contributed by atoms with Crippen LogP contribution in [-0.4, -0.2) is 73.1 Å². The van der Waals surface area contributed by atoms with Crippen LogP contribution in [0.3, 0.4) is 0 Å². The SMILES string of the molecule is COc1ccccc1NC(=O)CN1CCN(S(=O)(=O)c2cnn(C)c2)CC1. The fourth-order valence-electron chi connectivity index (χ4n) is 2.95. The third-order valence-corrected chi connectivity index (χ3v) is 6.25. The summed E-state index contributed by atoms with van der Waals surface area (Å²) in [5.74, 6) is 0.432. The molecule has 0 spiro atoms. The second kappa shape index (κ2) is 8.07. The van der Waals surface area contributed by atoms with Crippen molar-refractivity contribution < 1.29 is 17.9 Å². The van der Waals surface area contributed by atoms with Crippen LogP contribution in [0.4, 0.5) is 5.69 Å². The predicted molar refractivity (Wildman–Crippen MR) is 100 cm³/mol. The molecule has 10 heteroatoms. The van der Waals surface area contributed by atoms with E-state index < -0.39 is 10.0 Å². The van der Waals surface area contributed by atoms with Crippen molar-refractivity contribution in [3.63, 3.8) is 0 Å². The van der Waals surface area contributed by atoms with E-state index >= 15 is 0 Å². The van der Waals surface area contributed by atoms with Gasteiger partial charge in [0.1, 0.15) is 10.6 Å². The van der Waals surface area contributed by atoms with Gasteiger partial charge in [-0.25, -0.2) is 8.42 Å². The monoisotopic (exact) mass is 393 g/mol. The highest BCUT2D eigenvalue weighted by molar-refractivity contribution is 7.89. The maximum atomic E-state index is 12.6. The Kier molecular flexibility index (Phi) is 5.78. The van der Waals surface area contributed by atoms with E-state index in [1.54, 1.807) is 26.3 Å². The lowest BCUT2D eigenvalue weighted by atomic mass is 10.3. The van der Waals surface area contributed by atoms with Crippen LogP contribution in [0.1, 0.15) is 0 Å². The zero-order valence-corrected chi connectivity index (χ0v) is 16.1. The van der Waals surface area contributed by atoms with Gasteiger partial charge in [-0.3, -0.25) is 14.4 Å². The molecule has 27 heavy (non-hydrogen) atoms. The Morgan fingerprint density at radius 2 is 1.93 bits per heavy atom.